The molecular weight excluding hydrogens is 1600 g/mol. The van der Waals surface area contributed by atoms with Gasteiger partial charge in [0.05, 0.1) is 155 Å². The standard InChI is InChI=1S/C26H22F6N2O6S.C19H17F3N4O3.C19H19F3N2O3.C7H7ClO2S.C6H15N/c1-14-2-8-19-22(10-14)39-23-11-15(25(27,28)29)3-9-20(23)34(19)21-13-38-12-18(24(21)35)33-41(36,37)17-6-4-16(5-7-17)40-26(30,31)32;1-10-2-4-13-16(6-10)29-17-7-11(19(20,21)22)3-5-14(17)26(13)15-9-28-8-12(18(15)27)24-25-23;1-10-2-4-13-16(6-10)27-17-7-11(19(20,21)22)3-5-14(17)24(13)15-9-26-8-12(23)18(15)25;1-6-2-4-7(5-3-6)11(8,9)10;1-4-7(5-2)6-3/h2-11,18,21,24,33,35H,12-13H2,1H3;2-7,12,15,18,27H,8-9H2,1H3;2-7,12,15,18,25H,8-9,23H2,1H3;2-5H,1H3;4-6H2,1-3H3/t18-,21+,24+;2*12-,15+,18+;;/m111../s1. The number of nitrogens with zero attached hydrogens (tertiary/aromatic N) is 7. The molecular formula is C77H80ClF12N9O14S2. The second-order valence-corrected chi connectivity index (χ2v) is 31.5. The number of aliphatic hydroxyl groups excluding tert-OH is 3. The highest BCUT2D eigenvalue weighted by atomic mass is 35.7. The Morgan fingerprint density at radius 2 is 0.826 bits per heavy atom. The maximum atomic E-state index is 13.4. The van der Waals surface area contributed by atoms with Crippen molar-refractivity contribution in [3.63, 3.8) is 0 Å². The van der Waals surface area contributed by atoms with Crippen LogP contribution in [0.2, 0.25) is 0 Å². The molecule has 23 nitrogen and oxygen atoms in total. The number of nitrogens with one attached hydrogen (secondary N) is 1. The van der Waals surface area contributed by atoms with Crippen molar-refractivity contribution in [3.8, 4) is 40.2 Å². The lowest BCUT2D eigenvalue weighted by atomic mass is 9.97. The van der Waals surface area contributed by atoms with Gasteiger partial charge in [0.1, 0.15) is 5.75 Å². The minimum absolute atomic E-state index is 0.0241. The minimum Gasteiger partial charge on any atom is -0.453 e. The van der Waals surface area contributed by atoms with Crippen LogP contribution in [0.15, 0.2) is 173 Å². The van der Waals surface area contributed by atoms with Crippen LogP contribution < -0.4 is 44.1 Å². The highest BCUT2D eigenvalue weighted by Gasteiger charge is 2.46. The average molecular weight is 1680 g/mol. The molecule has 6 aliphatic heterocycles. The van der Waals surface area contributed by atoms with Gasteiger partial charge in [0.25, 0.3) is 9.05 Å². The fraction of sp³-hybridized carbons (Fsp3) is 0.377. The van der Waals surface area contributed by atoms with E-state index in [9.17, 15) is 84.8 Å². The number of azide groups is 1. The summed E-state index contributed by atoms with van der Waals surface area (Å²) in [7, 11) is -2.82. The maximum Gasteiger partial charge on any atom is 0.573 e. The number of hydrogen-bond acceptors (Lipinski definition) is 20. The first-order chi connectivity index (χ1) is 54.0. The number of nitrogens with two attached hydrogens (primary N) is 1. The Hall–Kier alpha value is -9.34. The van der Waals surface area contributed by atoms with Crippen LogP contribution in [-0.2, 0) is 51.8 Å². The molecule has 620 valence electrons. The van der Waals surface area contributed by atoms with E-state index >= 15 is 0 Å². The average Bonchev–Trinajstić information content (AvgIpc) is 0.756. The highest BCUT2D eigenvalue weighted by molar-refractivity contribution is 8.13. The summed E-state index contributed by atoms with van der Waals surface area (Å²) in [6, 6.07) is 30.3. The van der Waals surface area contributed by atoms with E-state index < -0.39 is 126 Å². The number of halogens is 13. The first-order valence-corrected chi connectivity index (χ1v) is 39.4. The number of hydrogen-bond donors (Lipinski definition) is 5. The Labute approximate surface area is 658 Å². The molecule has 0 bridgehead atoms. The van der Waals surface area contributed by atoms with E-state index in [0.717, 1.165) is 82.9 Å². The molecule has 0 radical (unpaired) electrons. The van der Waals surface area contributed by atoms with Crippen molar-refractivity contribution in [1.82, 2.24) is 9.62 Å². The van der Waals surface area contributed by atoms with Gasteiger partial charge in [-0.1, -0.05) is 61.8 Å². The van der Waals surface area contributed by atoms with Crippen molar-refractivity contribution in [2.75, 3.05) is 74.0 Å². The highest BCUT2D eigenvalue weighted by Crippen LogP contribution is 2.54. The zero-order valence-electron chi connectivity index (χ0n) is 62.3. The quantitative estimate of drug-likeness (QED) is 0.0250. The number of alkyl halides is 12. The molecule has 6 N–H and O–H groups in total. The molecule has 6 aliphatic rings. The summed E-state index contributed by atoms with van der Waals surface area (Å²) >= 11 is 0. The van der Waals surface area contributed by atoms with Crippen LogP contribution in [0, 0.1) is 27.7 Å². The molecule has 9 atom stereocenters. The molecule has 38 heteroatoms. The summed E-state index contributed by atoms with van der Waals surface area (Å²) in [5.74, 6) is 0.390. The third-order valence-corrected chi connectivity index (χ3v) is 22.0. The van der Waals surface area contributed by atoms with Gasteiger partial charge in [0.15, 0.2) is 34.5 Å². The summed E-state index contributed by atoms with van der Waals surface area (Å²) in [5, 5.41) is 36.3. The number of rotatable bonds is 12. The van der Waals surface area contributed by atoms with E-state index in [4.69, 9.17) is 50.4 Å². The van der Waals surface area contributed by atoms with Crippen molar-refractivity contribution < 1.29 is 118 Å². The summed E-state index contributed by atoms with van der Waals surface area (Å²) in [5.41, 5.74) is 18.3. The van der Waals surface area contributed by atoms with Crippen molar-refractivity contribution in [2.24, 2.45) is 10.8 Å². The van der Waals surface area contributed by atoms with E-state index in [1.807, 2.05) is 39.0 Å². The number of aryl methyl sites for hydroxylation is 4. The summed E-state index contributed by atoms with van der Waals surface area (Å²) in [6.07, 6.45) is -22.0. The van der Waals surface area contributed by atoms with Crippen LogP contribution in [0.4, 0.5) is 86.8 Å². The van der Waals surface area contributed by atoms with Crippen molar-refractivity contribution in [3.05, 3.63) is 207 Å². The van der Waals surface area contributed by atoms with Crippen molar-refractivity contribution >= 4 is 63.9 Å². The lowest BCUT2D eigenvalue weighted by Gasteiger charge is -2.44. The molecule has 8 aromatic rings. The van der Waals surface area contributed by atoms with Gasteiger partial charge in [-0.3, -0.25) is 0 Å². The fourth-order valence-electron chi connectivity index (χ4n) is 13.2. The van der Waals surface area contributed by atoms with Gasteiger partial charge in [-0.15, -0.1) is 13.2 Å². The molecule has 115 heavy (non-hydrogen) atoms. The van der Waals surface area contributed by atoms with Crippen molar-refractivity contribution in [1.29, 1.82) is 0 Å². The Bertz CT molecular complexity index is 5030. The number of benzene rings is 8. The molecule has 14 rings (SSSR count). The SMILES string of the molecule is CCN(CC)CC.Cc1ccc(S(=O)(=O)Cl)cc1.Cc1ccc2c(c1)Oc1cc(C(F)(F)F)ccc1N2[C@H]1COC[C@@H](N)[C@@H]1O.Cc1ccc2c(c1)Oc1cc(C(F)(F)F)ccc1N2[C@H]1COC[C@@H](N=[N+]=[N-])[C@@H]1O.Cc1ccc2c(c1)Oc1cc(C(F)(F)F)ccc1N2[C@H]1COC[C@@H](NS(=O)(=O)c2ccc(OC(F)(F)F)cc2)[C@@H]1O. The van der Waals surface area contributed by atoms with Gasteiger partial charge in [-0.2, -0.15) is 39.5 Å². The summed E-state index contributed by atoms with van der Waals surface area (Å²) < 4.78 is 244. The van der Waals surface area contributed by atoms with Gasteiger partial charge in [-0.25, -0.2) is 21.6 Å². The first-order valence-electron chi connectivity index (χ1n) is 35.6. The van der Waals surface area contributed by atoms with Gasteiger partial charge in [-0.05, 0) is 197 Å². The van der Waals surface area contributed by atoms with E-state index in [-0.39, 0.29) is 73.2 Å². The van der Waals surface area contributed by atoms with Crippen LogP contribution in [0.3, 0.4) is 0 Å². The lowest BCUT2D eigenvalue weighted by molar-refractivity contribution is -0.274. The van der Waals surface area contributed by atoms with E-state index in [1.54, 1.807) is 70.2 Å². The summed E-state index contributed by atoms with van der Waals surface area (Å²) in [4.78, 5) is 9.87. The number of aliphatic hydroxyl groups is 3. The topological polar surface area (TPSA) is 293 Å². The van der Waals surface area contributed by atoms with Gasteiger partial charge >= 0.3 is 24.9 Å². The van der Waals surface area contributed by atoms with Crippen LogP contribution >= 0.6 is 10.7 Å². The molecule has 0 aromatic heterocycles. The van der Waals surface area contributed by atoms with Gasteiger partial charge in [0.2, 0.25) is 10.0 Å². The lowest BCUT2D eigenvalue weighted by Crippen LogP contribution is -2.60. The van der Waals surface area contributed by atoms with Gasteiger partial charge in [0, 0.05) is 15.6 Å². The Morgan fingerprint density at radius 1 is 0.487 bits per heavy atom. The van der Waals surface area contributed by atoms with E-state index in [2.05, 4.69) is 45.2 Å². The zero-order valence-corrected chi connectivity index (χ0v) is 64.7. The van der Waals surface area contributed by atoms with Crippen molar-refractivity contribution in [2.45, 2.75) is 138 Å². The largest absolute Gasteiger partial charge is 0.573 e. The minimum atomic E-state index is -4.96. The molecule has 8 aromatic carbocycles. The number of anilines is 6. The Morgan fingerprint density at radius 3 is 1.18 bits per heavy atom. The summed E-state index contributed by atoms with van der Waals surface area (Å²) in [6.45, 7) is 17.7. The zero-order chi connectivity index (χ0) is 84.0. The second kappa shape index (κ2) is 36.0. The monoisotopic (exact) mass is 1680 g/mol. The van der Waals surface area contributed by atoms with Crippen LogP contribution in [0.5, 0.6) is 40.2 Å². The fourth-order valence-corrected chi connectivity index (χ4v) is 15.2. The number of ether oxygens (including phenoxy) is 7. The molecule has 0 aliphatic carbocycles. The third kappa shape index (κ3) is 21.3. The smallest absolute Gasteiger partial charge is 0.453 e. The molecule has 6 heterocycles. The molecule has 0 unspecified atom stereocenters. The molecule has 0 amide bonds. The van der Waals surface area contributed by atoms with Crippen LogP contribution in [0.1, 0.15) is 59.7 Å². The number of fused-ring (bicyclic) bond motifs is 6. The molecule has 0 saturated carbocycles. The van der Waals surface area contributed by atoms with Crippen LogP contribution in [-0.4, -0.2) is 157 Å². The molecule has 3 saturated heterocycles. The Balaban J connectivity index is 0.000000167. The number of sulfonamides is 1. The van der Waals surface area contributed by atoms with E-state index in [1.165, 1.54) is 50.0 Å². The third-order valence-electron chi connectivity index (χ3n) is 19.1. The first kappa shape index (κ1) is 88.0. The predicted octanol–water partition coefficient (Wildman–Crippen LogP) is 16.6. The van der Waals surface area contributed by atoms with Gasteiger partial charge < -0.3 is 73.8 Å². The predicted molar refractivity (Wildman–Crippen MR) is 402 cm³/mol. The van der Waals surface area contributed by atoms with Crippen LogP contribution in [0.25, 0.3) is 10.4 Å². The van der Waals surface area contributed by atoms with E-state index in [0.29, 0.717) is 39.9 Å². The maximum absolute atomic E-state index is 13.4. The molecule has 0 spiro atoms. The normalized spacial score (nSPS) is 21.0. The molecule has 3 fully saturated rings. The second-order valence-electron chi connectivity index (χ2n) is 27.2. The Kier molecular flexibility index (Phi) is 27.6.